The Morgan fingerprint density at radius 1 is 1.10 bits per heavy atom. The van der Waals surface area contributed by atoms with E-state index in [1.54, 1.807) is 0 Å². The van der Waals surface area contributed by atoms with Gasteiger partial charge in [-0.1, -0.05) is 13.3 Å². The summed E-state index contributed by atoms with van der Waals surface area (Å²) in [6.07, 6.45) is 6.14. The van der Waals surface area contributed by atoms with Crippen LogP contribution in [0.4, 0.5) is 0 Å². The summed E-state index contributed by atoms with van der Waals surface area (Å²) >= 11 is 0. The van der Waals surface area contributed by atoms with Crippen LogP contribution in [-0.2, 0) is 0 Å². The van der Waals surface area contributed by atoms with Gasteiger partial charge in [0.15, 0.2) is 0 Å². The van der Waals surface area contributed by atoms with Crippen molar-refractivity contribution in [1.29, 1.82) is 0 Å². The van der Waals surface area contributed by atoms with Crippen molar-refractivity contribution in [1.82, 2.24) is 15.1 Å². The maximum atomic E-state index is 9.59. The molecule has 0 bridgehead atoms. The van der Waals surface area contributed by atoms with Gasteiger partial charge in [0.1, 0.15) is 0 Å². The van der Waals surface area contributed by atoms with Crippen molar-refractivity contribution in [2.24, 2.45) is 0 Å². The normalized spacial score (nSPS) is 24.8. The number of unbranched alkanes of at least 4 members (excludes halogenated alkanes) is 1. The van der Waals surface area contributed by atoms with E-state index in [0.717, 1.165) is 6.42 Å². The zero-order valence-electron chi connectivity index (χ0n) is 13.4. The van der Waals surface area contributed by atoms with E-state index >= 15 is 0 Å². The Morgan fingerprint density at radius 3 is 2.30 bits per heavy atom. The Labute approximate surface area is 124 Å². The minimum absolute atomic E-state index is 0.0535. The fourth-order valence-electron chi connectivity index (χ4n) is 3.10. The summed E-state index contributed by atoms with van der Waals surface area (Å²) in [6, 6.07) is 0.675. The number of piperazine rings is 1. The maximum absolute atomic E-state index is 9.59. The minimum atomic E-state index is -0.0535. The van der Waals surface area contributed by atoms with E-state index in [2.05, 4.69) is 29.0 Å². The van der Waals surface area contributed by atoms with Gasteiger partial charge in [-0.25, -0.2) is 0 Å². The van der Waals surface area contributed by atoms with Crippen LogP contribution < -0.4 is 5.32 Å². The van der Waals surface area contributed by atoms with Crippen molar-refractivity contribution >= 4 is 0 Å². The summed E-state index contributed by atoms with van der Waals surface area (Å²) in [5.74, 6) is 0. The second kappa shape index (κ2) is 7.74. The number of hydrogen-bond acceptors (Lipinski definition) is 4. The fraction of sp³-hybridized carbons (Fsp3) is 1.00. The lowest BCUT2D eigenvalue weighted by atomic mass is 9.95. The van der Waals surface area contributed by atoms with Gasteiger partial charge in [-0.05, 0) is 45.7 Å². The predicted octanol–water partition coefficient (Wildman–Crippen LogP) is 1.30. The summed E-state index contributed by atoms with van der Waals surface area (Å²) in [5.41, 5.74) is -0.0535. The Hall–Kier alpha value is -0.160. The number of hydrogen-bond donors (Lipinski definition) is 2. The van der Waals surface area contributed by atoms with Gasteiger partial charge in [0.05, 0.1) is 6.61 Å². The molecule has 2 N–H and O–H groups in total. The van der Waals surface area contributed by atoms with Gasteiger partial charge < -0.3 is 20.2 Å². The fourth-order valence-corrected chi connectivity index (χ4v) is 3.10. The average Bonchev–Trinajstić information content (AvgIpc) is 3.28. The molecule has 1 atom stereocenters. The van der Waals surface area contributed by atoms with E-state index in [-0.39, 0.29) is 12.1 Å². The van der Waals surface area contributed by atoms with Crippen molar-refractivity contribution in [3.63, 3.8) is 0 Å². The summed E-state index contributed by atoms with van der Waals surface area (Å²) in [7, 11) is 0. The zero-order chi connectivity index (χ0) is 14.4. The second-order valence-corrected chi connectivity index (χ2v) is 6.87. The van der Waals surface area contributed by atoms with E-state index in [9.17, 15) is 5.11 Å². The third-order valence-corrected chi connectivity index (χ3v) is 4.84. The lowest BCUT2D eigenvalue weighted by Crippen LogP contribution is -2.47. The molecule has 1 aliphatic carbocycles. The molecule has 2 rings (SSSR count). The Morgan fingerprint density at radius 2 is 1.75 bits per heavy atom. The first kappa shape index (κ1) is 16.2. The van der Waals surface area contributed by atoms with Gasteiger partial charge in [0.2, 0.25) is 0 Å². The SMILES string of the molecule is CCN1CCN(CCCCC(C)(CO)NC2CC2)CC1. The number of likely N-dealkylation sites (N-methyl/N-ethyl adjacent to an activating group) is 1. The van der Waals surface area contributed by atoms with Crippen molar-refractivity contribution in [2.45, 2.75) is 57.5 Å². The number of aliphatic hydroxyl groups excluding tert-OH is 1. The van der Waals surface area contributed by atoms with Crippen LogP contribution in [0.1, 0.15) is 46.0 Å². The number of rotatable bonds is 9. The van der Waals surface area contributed by atoms with Gasteiger partial charge in [-0.2, -0.15) is 0 Å². The van der Waals surface area contributed by atoms with E-state index in [1.807, 2.05) is 0 Å². The van der Waals surface area contributed by atoms with Crippen LogP contribution in [-0.4, -0.2) is 72.4 Å². The standard InChI is InChI=1S/C16H33N3O/c1-3-18-10-12-19(13-11-18)9-5-4-8-16(2,14-20)17-15-6-7-15/h15,17,20H,3-14H2,1-2H3. The minimum Gasteiger partial charge on any atom is -0.394 e. The molecule has 1 saturated heterocycles. The molecule has 2 fully saturated rings. The molecular formula is C16H33N3O. The van der Waals surface area contributed by atoms with Crippen LogP contribution in [0.5, 0.6) is 0 Å². The molecule has 0 aromatic heterocycles. The van der Waals surface area contributed by atoms with Crippen LogP contribution in [0.25, 0.3) is 0 Å². The van der Waals surface area contributed by atoms with Crippen molar-refractivity contribution in [3.05, 3.63) is 0 Å². The summed E-state index contributed by atoms with van der Waals surface area (Å²) in [5, 5.41) is 13.2. The monoisotopic (exact) mass is 283 g/mol. The molecule has 1 unspecified atom stereocenters. The number of aliphatic hydroxyl groups is 1. The largest absolute Gasteiger partial charge is 0.394 e. The Bertz CT molecular complexity index is 275. The summed E-state index contributed by atoms with van der Waals surface area (Å²) < 4.78 is 0. The first-order chi connectivity index (χ1) is 9.65. The van der Waals surface area contributed by atoms with Gasteiger partial charge in [0.25, 0.3) is 0 Å². The molecule has 0 radical (unpaired) electrons. The molecule has 4 nitrogen and oxygen atoms in total. The topological polar surface area (TPSA) is 38.7 Å². The summed E-state index contributed by atoms with van der Waals surface area (Å²) in [6.45, 7) is 12.0. The maximum Gasteiger partial charge on any atom is 0.0610 e. The van der Waals surface area contributed by atoms with Crippen LogP contribution in [0.3, 0.4) is 0 Å². The molecule has 0 aromatic rings. The molecule has 0 aromatic carbocycles. The van der Waals surface area contributed by atoms with Crippen molar-refractivity contribution in [2.75, 3.05) is 45.9 Å². The van der Waals surface area contributed by atoms with Gasteiger partial charge in [-0.15, -0.1) is 0 Å². The molecule has 0 amide bonds. The summed E-state index contributed by atoms with van der Waals surface area (Å²) in [4.78, 5) is 5.12. The quantitative estimate of drug-likeness (QED) is 0.626. The van der Waals surface area contributed by atoms with Crippen LogP contribution in [0.15, 0.2) is 0 Å². The van der Waals surface area contributed by atoms with Gasteiger partial charge >= 0.3 is 0 Å². The highest BCUT2D eigenvalue weighted by molar-refractivity contribution is 4.92. The number of nitrogens with one attached hydrogen (secondary N) is 1. The molecule has 1 heterocycles. The smallest absolute Gasteiger partial charge is 0.0610 e. The zero-order valence-corrected chi connectivity index (χ0v) is 13.4. The molecule has 1 aliphatic heterocycles. The van der Waals surface area contributed by atoms with Crippen molar-refractivity contribution < 1.29 is 5.11 Å². The van der Waals surface area contributed by atoms with E-state index < -0.39 is 0 Å². The second-order valence-electron chi connectivity index (χ2n) is 6.87. The first-order valence-corrected chi connectivity index (χ1v) is 8.48. The van der Waals surface area contributed by atoms with Crippen LogP contribution in [0.2, 0.25) is 0 Å². The first-order valence-electron chi connectivity index (χ1n) is 8.48. The predicted molar refractivity (Wildman–Crippen MR) is 84.1 cm³/mol. The van der Waals surface area contributed by atoms with Crippen LogP contribution in [0, 0.1) is 0 Å². The molecule has 0 spiro atoms. The molecule has 20 heavy (non-hydrogen) atoms. The molecule has 1 saturated carbocycles. The third-order valence-electron chi connectivity index (χ3n) is 4.84. The highest BCUT2D eigenvalue weighted by atomic mass is 16.3. The third kappa shape index (κ3) is 5.32. The van der Waals surface area contributed by atoms with Crippen LogP contribution >= 0.6 is 0 Å². The van der Waals surface area contributed by atoms with Crippen molar-refractivity contribution in [3.8, 4) is 0 Å². The highest BCUT2D eigenvalue weighted by Gasteiger charge is 2.31. The molecule has 118 valence electrons. The van der Waals surface area contributed by atoms with E-state index in [0.29, 0.717) is 6.04 Å². The highest BCUT2D eigenvalue weighted by Crippen LogP contribution is 2.24. The van der Waals surface area contributed by atoms with E-state index in [1.165, 1.54) is 65.0 Å². The lowest BCUT2D eigenvalue weighted by Gasteiger charge is -2.34. The Kier molecular flexibility index (Phi) is 6.27. The van der Waals surface area contributed by atoms with Gasteiger partial charge in [-0.3, -0.25) is 0 Å². The van der Waals surface area contributed by atoms with Gasteiger partial charge in [0, 0.05) is 37.8 Å². The lowest BCUT2D eigenvalue weighted by molar-refractivity contribution is 0.130. The Balaban J connectivity index is 1.56. The molecular weight excluding hydrogens is 250 g/mol. The average molecular weight is 283 g/mol. The molecule has 4 heteroatoms. The molecule has 2 aliphatic rings. The number of nitrogens with zero attached hydrogens (tertiary/aromatic N) is 2. The van der Waals surface area contributed by atoms with E-state index in [4.69, 9.17) is 0 Å².